The predicted molar refractivity (Wildman–Crippen MR) is 132 cm³/mol. The second kappa shape index (κ2) is 11.3. The summed E-state index contributed by atoms with van der Waals surface area (Å²) in [5.74, 6) is -1.11. The molecule has 2 aromatic heterocycles. The van der Waals surface area contributed by atoms with Gasteiger partial charge in [0.2, 0.25) is 5.60 Å². The van der Waals surface area contributed by atoms with Gasteiger partial charge in [0.1, 0.15) is 42.8 Å². The Morgan fingerprint density at radius 2 is 2.05 bits per heavy atom. The Kier molecular flexibility index (Phi) is 8.70. The minimum absolute atomic E-state index is 0.177. The van der Waals surface area contributed by atoms with Crippen LogP contribution in [-0.4, -0.2) is 68.2 Å². The van der Waals surface area contributed by atoms with Crippen molar-refractivity contribution >= 4 is 31.5 Å². The second-order valence-electron chi connectivity index (χ2n) is 10.2. The molecule has 3 heterocycles. The van der Waals surface area contributed by atoms with Crippen LogP contribution < -0.4 is 10.8 Å². The Morgan fingerprint density at radius 3 is 2.66 bits per heavy atom. The number of nitrogen functional groups attached to an aromatic ring is 1. The lowest BCUT2D eigenvalue weighted by molar-refractivity contribution is -0.165. The molecule has 1 saturated heterocycles. The maximum Gasteiger partial charge on any atom is 0.613 e. The summed E-state index contributed by atoms with van der Waals surface area (Å²) >= 11 is 0. The third-order valence-electron chi connectivity index (χ3n) is 5.67. The number of nitriles is 1. The molecule has 0 aliphatic carbocycles. The lowest BCUT2D eigenvalue weighted by Crippen LogP contribution is -2.47. The summed E-state index contributed by atoms with van der Waals surface area (Å²) < 4.78 is 35.9. The molecule has 1 aliphatic rings. The molecule has 0 amide bonds. The number of fused-ring (bicyclic) bond motifs is 1. The van der Waals surface area contributed by atoms with Gasteiger partial charge >= 0.3 is 20.1 Å². The number of ether oxygens (including phenoxy) is 3. The van der Waals surface area contributed by atoms with Gasteiger partial charge in [0, 0.05) is 0 Å². The molecule has 4 N–H and O–H groups in total. The minimum atomic E-state index is -2.68. The van der Waals surface area contributed by atoms with E-state index >= 15 is 0 Å². The fraction of sp³-hybridized carbons (Fsp3) is 0.609. The Balaban J connectivity index is 1.88. The van der Waals surface area contributed by atoms with Gasteiger partial charge in [-0.05, 0) is 58.2 Å². The highest BCUT2D eigenvalue weighted by Gasteiger charge is 2.60. The Morgan fingerprint density at radius 1 is 1.37 bits per heavy atom. The lowest BCUT2D eigenvalue weighted by Gasteiger charge is -2.25. The molecule has 1 fully saturated rings. The zero-order valence-electron chi connectivity index (χ0n) is 21.9. The standard InChI is InChI=1S/C23H32N6O8P/c1-12(2)35-20(31)13(3)28-38(33)34-10-23(9-24)18(30)17(36-21(32)22(4,5)6)16(37-23)14-7-8-15-19(25)26-11-27-29(14)15/h7-8,11-13,16-18,30H,10H2,1-6H3,(H,28,33)(H2,25,26,27)/q+1/t13-,16-,17-,18-,23+/m0/s1. The number of hydrogen-bond acceptors (Lipinski definition) is 12. The van der Waals surface area contributed by atoms with Crippen molar-refractivity contribution in [1.29, 1.82) is 5.26 Å². The van der Waals surface area contributed by atoms with Crippen LogP contribution in [0.15, 0.2) is 18.5 Å². The molecule has 0 radical (unpaired) electrons. The molecule has 0 saturated carbocycles. The Bertz CT molecular complexity index is 1250. The number of rotatable bonds is 9. The average Bonchev–Trinajstić information content (AvgIpc) is 3.37. The van der Waals surface area contributed by atoms with Crippen LogP contribution >= 0.6 is 8.18 Å². The predicted octanol–water partition coefficient (Wildman–Crippen LogP) is 1.57. The normalized spacial score (nSPS) is 24.7. The molecular formula is C23H32N6O8P+. The van der Waals surface area contributed by atoms with Crippen molar-refractivity contribution < 1.29 is 38.0 Å². The first kappa shape index (κ1) is 29.3. The maximum absolute atomic E-state index is 12.8. The Labute approximate surface area is 220 Å². The first-order valence-electron chi connectivity index (χ1n) is 11.8. The SMILES string of the molecule is CC(C)OC(=O)[C@H](C)N[P+](=O)OC[C@@]1(C#N)O[C@@H](c2ccc3c(N)ncnn23)[C@H](OC(=O)C(C)(C)C)[C@@H]1O. The van der Waals surface area contributed by atoms with E-state index in [0.717, 1.165) is 0 Å². The van der Waals surface area contributed by atoms with E-state index in [9.17, 15) is 24.5 Å². The quantitative estimate of drug-likeness (QED) is 0.300. The molecule has 14 nitrogen and oxygen atoms in total. The highest BCUT2D eigenvalue weighted by atomic mass is 31.1. The highest BCUT2D eigenvalue weighted by Crippen LogP contribution is 2.44. The number of hydrogen-bond donors (Lipinski definition) is 3. The van der Waals surface area contributed by atoms with Crippen LogP contribution in [0.3, 0.4) is 0 Å². The number of aliphatic hydroxyl groups excluding tert-OH is 1. The van der Waals surface area contributed by atoms with Crippen LogP contribution in [0.5, 0.6) is 0 Å². The number of aliphatic hydroxyl groups is 1. The van der Waals surface area contributed by atoms with Crippen molar-refractivity contribution in [3.05, 3.63) is 24.2 Å². The van der Waals surface area contributed by atoms with E-state index < -0.39 is 62.1 Å². The van der Waals surface area contributed by atoms with E-state index in [2.05, 4.69) is 15.2 Å². The van der Waals surface area contributed by atoms with Crippen molar-refractivity contribution in [3.8, 4) is 6.07 Å². The lowest BCUT2D eigenvalue weighted by atomic mass is 9.94. The fourth-order valence-corrected chi connectivity index (χ4v) is 4.42. The van der Waals surface area contributed by atoms with Crippen LogP contribution in [0.4, 0.5) is 5.82 Å². The van der Waals surface area contributed by atoms with Gasteiger partial charge < -0.3 is 25.1 Å². The first-order chi connectivity index (χ1) is 17.7. The number of nitrogens with one attached hydrogen (secondary N) is 1. The van der Waals surface area contributed by atoms with Crippen LogP contribution in [0.25, 0.3) is 5.52 Å². The maximum atomic E-state index is 12.8. The molecular weight excluding hydrogens is 519 g/mol. The monoisotopic (exact) mass is 551 g/mol. The van der Waals surface area contributed by atoms with E-state index in [-0.39, 0.29) is 11.9 Å². The molecule has 206 valence electrons. The number of nitrogens with two attached hydrogens (primary N) is 1. The third-order valence-corrected chi connectivity index (χ3v) is 6.63. The van der Waals surface area contributed by atoms with Crippen molar-refractivity contribution in [2.24, 2.45) is 5.41 Å². The summed E-state index contributed by atoms with van der Waals surface area (Å²) in [6.45, 7) is 9.00. The molecule has 1 unspecified atom stereocenters. The topological polar surface area (TPSA) is 200 Å². The van der Waals surface area contributed by atoms with Crippen molar-refractivity contribution in [2.45, 2.75) is 77.6 Å². The molecule has 15 heteroatoms. The van der Waals surface area contributed by atoms with Gasteiger partial charge in [-0.15, -0.1) is 4.52 Å². The molecule has 0 spiro atoms. The average molecular weight is 552 g/mol. The number of esters is 2. The second-order valence-corrected chi connectivity index (χ2v) is 11.2. The molecule has 0 aromatic carbocycles. The number of anilines is 1. The fourth-order valence-electron chi connectivity index (χ4n) is 3.62. The zero-order chi connectivity index (χ0) is 28.4. The summed E-state index contributed by atoms with van der Waals surface area (Å²) in [7, 11) is -2.68. The molecule has 38 heavy (non-hydrogen) atoms. The van der Waals surface area contributed by atoms with E-state index in [0.29, 0.717) is 11.2 Å². The molecule has 2 aromatic rings. The van der Waals surface area contributed by atoms with Gasteiger partial charge in [-0.3, -0.25) is 9.59 Å². The van der Waals surface area contributed by atoms with E-state index in [1.54, 1.807) is 46.8 Å². The highest BCUT2D eigenvalue weighted by molar-refractivity contribution is 7.36. The minimum Gasteiger partial charge on any atom is -0.462 e. The molecule has 3 rings (SSSR count). The molecule has 1 aliphatic heterocycles. The van der Waals surface area contributed by atoms with E-state index in [1.165, 1.54) is 17.8 Å². The largest absolute Gasteiger partial charge is 0.613 e. The van der Waals surface area contributed by atoms with Crippen LogP contribution in [0, 0.1) is 16.7 Å². The number of carbonyl (C=O) groups is 2. The van der Waals surface area contributed by atoms with Gasteiger partial charge in [0.05, 0.1) is 17.2 Å². The van der Waals surface area contributed by atoms with Crippen LogP contribution in [-0.2, 0) is 32.9 Å². The van der Waals surface area contributed by atoms with E-state index in [1.807, 2.05) is 6.07 Å². The smallest absolute Gasteiger partial charge is 0.462 e. The van der Waals surface area contributed by atoms with Gasteiger partial charge in [0.15, 0.2) is 11.9 Å². The first-order valence-corrected chi connectivity index (χ1v) is 13.0. The summed E-state index contributed by atoms with van der Waals surface area (Å²) in [5.41, 5.74) is 3.66. The Hall–Kier alpha value is -3.21. The number of aromatic nitrogens is 3. The summed E-state index contributed by atoms with van der Waals surface area (Å²) in [5, 5.41) is 27.9. The summed E-state index contributed by atoms with van der Waals surface area (Å²) in [6, 6.07) is 4.11. The zero-order valence-corrected chi connectivity index (χ0v) is 22.8. The van der Waals surface area contributed by atoms with Gasteiger partial charge in [-0.25, -0.2) is 9.50 Å². The van der Waals surface area contributed by atoms with Gasteiger partial charge in [0.25, 0.3) is 0 Å². The molecule has 6 atom stereocenters. The van der Waals surface area contributed by atoms with Crippen molar-refractivity contribution in [2.75, 3.05) is 12.3 Å². The van der Waals surface area contributed by atoms with Gasteiger partial charge in [-0.1, -0.05) is 5.09 Å². The number of nitrogens with zero attached hydrogens (tertiary/aromatic N) is 4. The number of carbonyl (C=O) groups excluding carboxylic acids is 2. The van der Waals surface area contributed by atoms with Crippen molar-refractivity contribution in [1.82, 2.24) is 19.7 Å². The van der Waals surface area contributed by atoms with Crippen LogP contribution in [0.1, 0.15) is 53.3 Å². The van der Waals surface area contributed by atoms with Gasteiger partial charge in [-0.2, -0.15) is 10.4 Å². The summed E-state index contributed by atoms with van der Waals surface area (Å²) in [6.07, 6.45) is -3.40. The third kappa shape index (κ3) is 6.09. The molecule has 0 bridgehead atoms. The van der Waals surface area contributed by atoms with Crippen molar-refractivity contribution in [3.63, 3.8) is 0 Å². The van der Waals surface area contributed by atoms with Crippen LogP contribution in [0.2, 0.25) is 0 Å². The summed E-state index contributed by atoms with van der Waals surface area (Å²) in [4.78, 5) is 28.7. The van der Waals surface area contributed by atoms with E-state index in [4.69, 9.17) is 24.5 Å².